The van der Waals surface area contributed by atoms with Crippen LogP contribution >= 0.6 is 7.60 Å². The normalized spacial score (nSPS) is 21.7. The quantitative estimate of drug-likeness (QED) is 0.270. The molecule has 2 aromatic rings. The Balaban J connectivity index is 1.72. The highest BCUT2D eigenvalue weighted by Gasteiger charge is 2.48. The van der Waals surface area contributed by atoms with E-state index in [4.69, 9.17) is 13.8 Å². The van der Waals surface area contributed by atoms with Gasteiger partial charge in [-0.25, -0.2) is 4.79 Å². The van der Waals surface area contributed by atoms with E-state index in [1.807, 2.05) is 38.1 Å². The molecule has 5 rings (SSSR count). The van der Waals surface area contributed by atoms with Gasteiger partial charge in [0, 0.05) is 28.4 Å². The summed E-state index contributed by atoms with van der Waals surface area (Å²) in [6.45, 7) is 9.83. The van der Waals surface area contributed by atoms with Crippen molar-refractivity contribution in [3.05, 3.63) is 94.6 Å². The van der Waals surface area contributed by atoms with Gasteiger partial charge >= 0.3 is 13.6 Å². The molecule has 0 bridgehead atoms. The molecule has 0 amide bonds. The van der Waals surface area contributed by atoms with Crippen LogP contribution in [-0.4, -0.2) is 31.6 Å². The van der Waals surface area contributed by atoms with E-state index in [0.29, 0.717) is 33.3 Å². The zero-order chi connectivity index (χ0) is 25.7. The third kappa shape index (κ3) is 3.97. The van der Waals surface area contributed by atoms with Gasteiger partial charge in [-0.15, -0.1) is 0 Å². The third-order valence-corrected chi connectivity index (χ3v) is 8.74. The van der Waals surface area contributed by atoms with Crippen molar-refractivity contribution < 1.29 is 27.9 Å². The van der Waals surface area contributed by atoms with Gasteiger partial charge in [0.25, 0.3) is 0 Å². The predicted octanol–water partition coefficient (Wildman–Crippen LogP) is 5.70. The first-order valence-corrected chi connectivity index (χ1v) is 13.3. The number of dihydropyridines is 1. The second-order valence-corrected chi connectivity index (χ2v) is 11.9. The molecule has 2 aromatic carbocycles. The van der Waals surface area contributed by atoms with Crippen LogP contribution in [0.5, 0.6) is 0 Å². The number of ketones is 1. The van der Waals surface area contributed by atoms with Crippen LogP contribution in [0, 0.1) is 5.41 Å². The van der Waals surface area contributed by atoms with Gasteiger partial charge in [0.2, 0.25) is 0 Å². The Morgan fingerprint density at radius 3 is 2.50 bits per heavy atom. The molecule has 1 atom stereocenters. The molecule has 1 N–H and O–H groups in total. The highest BCUT2D eigenvalue weighted by atomic mass is 31.2. The first kappa shape index (κ1) is 24.4. The fourth-order valence-electron chi connectivity index (χ4n) is 4.86. The molecular formula is C28H28NO6P. The smallest absolute Gasteiger partial charge is 0.360 e. The molecule has 0 saturated carbocycles. The number of carbonyl (C=O) groups excluding carboxylic acids is 2. The Morgan fingerprint density at radius 1 is 1.14 bits per heavy atom. The van der Waals surface area contributed by atoms with Crippen LogP contribution in [0.1, 0.15) is 48.2 Å². The lowest BCUT2D eigenvalue weighted by Crippen LogP contribution is -2.33. The van der Waals surface area contributed by atoms with Gasteiger partial charge in [0.15, 0.2) is 5.78 Å². The van der Waals surface area contributed by atoms with Crippen LogP contribution in [0.4, 0.5) is 0 Å². The highest BCUT2D eigenvalue weighted by molar-refractivity contribution is 7.58. The average molecular weight is 506 g/mol. The van der Waals surface area contributed by atoms with E-state index in [9.17, 15) is 14.2 Å². The number of ether oxygens (including phenoxy) is 1. The van der Waals surface area contributed by atoms with Gasteiger partial charge in [0.05, 0.1) is 30.0 Å². The van der Waals surface area contributed by atoms with Crippen LogP contribution < -0.4 is 5.32 Å². The van der Waals surface area contributed by atoms with E-state index < -0.39 is 19.5 Å². The lowest BCUT2D eigenvalue weighted by Gasteiger charge is -2.39. The number of hydrogen-bond acceptors (Lipinski definition) is 7. The molecule has 3 aliphatic rings. The summed E-state index contributed by atoms with van der Waals surface area (Å²) in [6, 6.07) is 12.8. The van der Waals surface area contributed by atoms with E-state index in [-0.39, 0.29) is 36.6 Å². The lowest BCUT2D eigenvalue weighted by molar-refractivity contribution is -0.138. The summed E-state index contributed by atoms with van der Waals surface area (Å²) in [6.07, 6.45) is 3.05. The molecule has 0 radical (unpaired) electrons. The van der Waals surface area contributed by atoms with Crippen molar-refractivity contribution in [3.63, 3.8) is 0 Å². The van der Waals surface area contributed by atoms with Crippen LogP contribution in [0.15, 0.2) is 77.9 Å². The molecule has 1 fully saturated rings. The van der Waals surface area contributed by atoms with Gasteiger partial charge in [-0.3, -0.25) is 9.36 Å². The third-order valence-electron chi connectivity index (χ3n) is 6.62. The van der Waals surface area contributed by atoms with Crippen molar-refractivity contribution in [1.29, 1.82) is 0 Å². The minimum atomic E-state index is -3.81. The second-order valence-electron chi connectivity index (χ2n) is 9.93. The molecule has 1 unspecified atom stereocenters. The first-order chi connectivity index (χ1) is 17.2. The molecule has 0 spiro atoms. The van der Waals surface area contributed by atoms with Crippen LogP contribution in [0.3, 0.4) is 0 Å². The lowest BCUT2D eigenvalue weighted by atomic mass is 9.83. The standard InChI is InChI=1S/C28H28NO6P/c1-5-13-33-27(31)22-14-29-17(2)26(36(32)34-15-28(3,4)16-35-36)24(22)20-11-8-12-21-23(20)18-9-6-7-10-19(18)25(21)30/h5-12,14,24,29H,1,13,15-16H2,2-4H3. The zero-order valence-electron chi connectivity index (χ0n) is 20.5. The molecular weight excluding hydrogens is 477 g/mol. The van der Waals surface area contributed by atoms with Crippen molar-refractivity contribution in [1.82, 2.24) is 5.32 Å². The Labute approximate surface area is 210 Å². The largest absolute Gasteiger partial charge is 0.458 e. The molecule has 8 heteroatoms. The van der Waals surface area contributed by atoms with Crippen molar-refractivity contribution in [3.8, 4) is 11.1 Å². The number of fused-ring (bicyclic) bond motifs is 3. The van der Waals surface area contributed by atoms with Crippen molar-refractivity contribution >= 4 is 19.3 Å². The van der Waals surface area contributed by atoms with Crippen LogP contribution in [0.25, 0.3) is 11.1 Å². The molecule has 2 heterocycles. The predicted molar refractivity (Wildman–Crippen MR) is 136 cm³/mol. The number of esters is 1. The van der Waals surface area contributed by atoms with Crippen molar-refractivity contribution in [2.45, 2.75) is 26.7 Å². The maximum Gasteiger partial charge on any atom is 0.360 e. The first-order valence-electron chi connectivity index (χ1n) is 11.8. The molecule has 7 nitrogen and oxygen atoms in total. The monoisotopic (exact) mass is 505 g/mol. The van der Waals surface area contributed by atoms with Gasteiger partial charge in [-0.1, -0.05) is 69.0 Å². The Kier molecular flexibility index (Phi) is 6.11. The fraction of sp³-hybridized carbons (Fsp3) is 0.286. The second kappa shape index (κ2) is 9.00. The SMILES string of the molecule is C=CCOC(=O)C1=CNC(C)=C(P2(=O)OCC(C)(C)CO2)C1c1cccc2c1-c1ccccc1C2=O. The Hall–Kier alpha value is -3.25. The van der Waals surface area contributed by atoms with Gasteiger partial charge < -0.3 is 19.1 Å². The van der Waals surface area contributed by atoms with Gasteiger partial charge in [0.1, 0.15) is 6.61 Å². The fourth-order valence-corrected chi connectivity index (χ4v) is 7.32. The number of allylic oxidation sites excluding steroid dienone is 2. The molecule has 0 aromatic heterocycles. The summed E-state index contributed by atoms with van der Waals surface area (Å²) in [5.41, 5.74) is 3.78. The zero-order valence-corrected chi connectivity index (χ0v) is 21.4. The highest BCUT2D eigenvalue weighted by Crippen LogP contribution is 2.67. The Morgan fingerprint density at radius 2 is 1.81 bits per heavy atom. The Bertz CT molecular complexity index is 1390. The molecule has 1 aliphatic carbocycles. The topological polar surface area (TPSA) is 90.9 Å². The summed E-state index contributed by atoms with van der Waals surface area (Å²) in [7, 11) is -3.81. The van der Waals surface area contributed by atoms with E-state index >= 15 is 0 Å². The van der Waals surface area contributed by atoms with Crippen molar-refractivity contribution in [2.24, 2.45) is 5.41 Å². The number of rotatable bonds is 5. The summed E-state index contributed by atoms with van der Waals surface area (Å²) in [4.78, 5) is 26.5. The molecule has 1 saturated heterocycles. The summed E-state index contributed by atoms with van der Waals surface area (Å²) >= 11 is 0. The number of hydrogen-bond donors (Lipinski definition) is 1. The molecule has 186 valence electrons. The molecule has 36 heavy (non-hydrogen) atoms. The number of benzene rings is 2. The van der Waals surface area contributed by atoms with E-state index in [2.05, 4.69) is 11.9 Å². The van der Waals surface area contributed by atoms with Crippen molar-refractivity contribution in [2.75, 3.05) is 19.8 Å². The maximum absolute atomic E-state index is 14.3. The summed E-state index contributed by atoms with van der Waals surface area (Å²) in [5.74, 6) is -1.49. The number of carbonyl (C=O) groups is 2. The average Bonchev–Trinajstić information content (AvgIpc) is 3.16. The van der Waals surface area contributed by atoms with Crippen LogP contribution in [0.2, 0.25) is 0 Å². The maximum atomic E-state index is 14.3. The van der Waals surface area contributed by atoms with E-state index in [0.717, 1.165) is 5.56 Å². The van der Waals surface area contributed by atoms with Gasteiger partial charge in [-0.05, 0) is 23.6 Å². The molecule has 2 aliphatic heterocycles. The summed E-state index contributed by atoms with van der Waals surface area (Å²) in [5, 5.41) is 3.41. The minimum absolute atomic E-state index is 0.0218. The minimum Gasteiger partial charge on any atom is -0.458 e. The summed E-state index contributed by atoms with van der Waals surface area (Å²) < 4.78 is 31.5. The van der Waals surface area contributed by atoms with Gasteiger partial charge in [-0.2, -0.15) is 0 Å². The van der Waals surface area contributed by atoms with E-state index in [1.165, 1.54) is 6.08 Å². The van der Waals surface area contributed by atoms with E-state index in [1.54, 1.807) is 31.3 Å². The van der Waals surface area contributed by atoms with Crippen LogP contribution in [-0.2, 0) is 23.1 Å². The number of nitrogens with one attached hydrogen (secondary N) is 1.